The van der Waals surface area contributed by atoms with Gasteiger partial charge in [-0.15, -0.1) is 0 Å². The summed E-state index contributed by atoms with van der Waals surface area (Å²) in [5, 5.41) is -5.29. The Morgan fingerprint density at radius 2 is 1.02 bits per heavy atom. The first-order valence-corrected chi connectivity index (χ1v) is 15.7. The lowest BCUT2D eigenvalue weighted by atomic mass is 9.81. The number of benzene rings is 9. The summed E-state index contributed by atoms with van der Waals surface area (Å²) in [6.45, 7) is -2.23. The monoisotopic (exact) mass is 693 g/mol. The van der Waals surface area contributed by atoms with Gasteiger partial charge < -0.3 is 4.42 Å². The summed E-state index contributed by atoms with van der Waals surface area (Å²) in [4.78, 5) is 0. The normalized spacial score (nSPS) is 23.8. The van der Waals surface area contributed by atoms with E-state index in [1.807, 2.05) is 0 Å². The summed E-state index contributed by atoms with van der Waals surface area (Å²) in [5.41, 5.74) is -11.0. The van der Waals surface area contributed by atoms with Crippen molar-refractivity contribution in [3.05, 3.63) is 180 Å². The second kappa shape index (κ2) is 10.8. The maximum atomic E-state index is 9.73. The van der Waals surface area contributed by atoms with Crippen molar-refractivity contribution in [2.24, 2.45) is 0 Å². The second-order valence-corrected chi connectivity index (χ2v) is 12.1. The van der Waals surface area contributed by atoms with E-state index in [1.54, 1.807) is 0 Å². The molecule has 9 aromatic carbocycles. The molecule has 11 rings (SSSR count). The number of hydrogen-bond acceptors (Lipinski definition) is 1. The van der Waals surface area contributed by atoms with Crippen molar-refractivity contribution in [3.8, 4) is 44.5 Å². The first-order chi connectivity index (χ1) is 38.5. The van der Waals surface area contributed by atoms with Crippen molar-refractivity contribution in [1.82, 2.24) is 0 Å². The lowest BCUT2D eigenvalue weighted by molar-refractivity contribution is 0.660. The van der Waals surface area contributed by atoms with Gasteiger partial charge in [0.05, 0.1) is 38.4 Å². The van der Waals surface area contributed by atoms with Crippen molar-refractivity contribution in [1.29, 1.82) is 0 Å². The summed E-state index contributed by atoms with van der Waals surface area (Å²) in [7, 11) is 0. The molecule has 1 aliphatic rings. The Bertz CT molecular complexity index is 4710. The maximum Gasteiger partial charge on any atom is 0.136 e. The van der Waals surface area contributed by atoms with E-state index in [9.17, 15) is 19.2 Å². The predicted molar refractivity (Wildman–Crippen MR) is 220 cm³/mol. The van der Waals surface area contributed by atoms with Crippen LogP contribution in [0.25, 0.3) is 98.8 Å². The molecule has 1 atom stereocenters. The number of hydrogen-bond donors (Lipinski definition) is 0. The van der Waals surface area contributed by atoms with Crippen LogP contribution in [-0.2, 0) is 5.41 Å². The van der Waals surface area contributed by atoms with Crippen molar-refractivity contribution in [2.75, 3.05) is 0 Å². The molecule has 0 aliphatic heterocycles. The van der Waals surface area contributed by atoms with Gasteiger partial charge in [0.25, 0.3) is 0 Å². The van der Waals surface area contributed by atoms with Crippen molar-refractivity contribution < 1.29 is 46.9 Å². The molecule has 0 saturated heterocycles. The van der Waals surface area contributed by atoms with Crippen LogP contribution in [0.2, 0.25) is 0 Å². The molecule has 1 heteroatoms. The van der Waals surface area contributed by atoms with Gasteiger partial charge in [-0.05, 0) is 112 Å². The fourth-order valence-corrected chi connectivity index (χ4v) is 6.89. The van der Waals surface area contributed by atoms with Gasteiger partial charge in [-0.1, -0.05) is 159 Å². The number of furan rings is 1. The van der Waals surface area contributed by atoms with E-state index in [0.29, 0.717) is 0 Å². The lowest BCUT2D eigenvalue weighted by Crippen LogP contribution is -2.14. The van der Waals surface area contributed by atoms with Crippen LogP contribution in [0.5, 0.6) is 0 Å². The van der Waals surface area contributed by atoms with Gasteiger partial charge in [0.2, 0.25) is 0 Å². The smallest absolute Gasteiger partial charge is 0.136 e. The summed E-state index contributed by atoms with van der Waals surface area (Å²) in [6.07, 6.45) is 0. The summed E-state index contributed by atoms with van der Waals surface area (Å²) in [6, 6.07) is -26.7. The molecule has 244 valence electrons. The SMILES string of the molecule is [2H]c1c([2H])c([2H])c2c(c1[2H])-c1c([2H])c([2H])c(-c3c([2H])c([2H])c(-c4c5c([2H])c([2H])c([2H])c([2H])c5c(-c5c([2H])c([2H])c([2H])c6oc7c([2H])c8c([2H])c([2H])c([2H])c([2H])c8c([2H])c7c56)c5c([2H])c([2H])c([2H])c([2H])c45)c([2H])c3[2H])c([2H])c1C2(C)C([2H])([2H])[2H]. The van der Waals surface area contributed by atoms with Crippen molar-refractivity contribution in [3.63, 3.8) is 0 Å². The van der Waals surface area contributed by atoms with Gasteiger partial charge in [0.1, 0.15) is 11.2 Å². The molecule has 1 aliphatic carbocycles. The van der Waals surface area contributed by atoms with E-state index in [0.717, 1.165) is 6.92 Å². The minimum atomic E-state index is -3.27. The molecule has 0 bridgehead atoms. The Morgan fingerprint density at radius 3 is 1.75 bits per heavy atom. The van der Waals surface area contributed by atoms with Crippen LogP contribution < -0.4 is 0 Å². The van der Waals surface area contributed by atoms with Gasteiger partial charge in [-0.2, -0.15) is 0 Å². The molecule has 1 unspecified atom stereocenters. The summed E-state index contributed by atoms with van der Waals surface area (Å²) in [5.74, 6) is 0. The van der Waals surface area contributed by atoms with Gasteiger partial charge in [0.15, 0.2) is 0 Å². The summed E-state index contributed by atoms with van der Waals surface area (Å²) >= 11 is 0. The van der Waals surface area contributed by atoms with E-state index in [4.69, 9.17) is 27.7 Å². The third-order valence-electron chi connectivity index (χ3n) is 9.20. The van der Waals surface area contributed by atoms with E-state index >= 15 is 0 Å². The Hall–Kier alpha value is -6.44. The predicted octanol–water partition coefficient (Wildman–Crippen LogP) is 14.4. The summed E-state index contributed by atoms with van der Waals surface area (Å²) < 4.78 is 288. The van der Waals surface area contributed by atoms with Crippen LogP contribution in [0.1, 0.15) is 67.4 Å². The van der Waals surface area contributed by atoms with E-state index < -0.39 is 291 Å². The highest BCUT2D eigenvalue weighted by Crippen LogP contribution is 2.50. The maximum absolute atomic E-state index is 9.73. The number of rotatable bonds is 3. The van der Waals surface area contributed by atoms with Gasteiger partial charge in [0, 0.05) is 20.3 Å². The molecule has 0 N–H and O–H groups in total. The quantitative estimate of drug-likeness (QED) is 0.168. The molecule has 1 aromatic heterocycles. The van der Waals surface area contributed by atoms with E-state index in [2.05, 4.69) is 0 Å². The third-order valence-corrected chi connectivity index (χ3v) is 9.20. The van der Waals surface area contributed by atoms with E-state index in [1.165, 1.54) is 0 Å². The Morgan fingerprint density at radius 1 is 0.442 bits per heavy atom. The minimum Gasteiger partial charge on any atom is -0.456 e. The Kier molecular flexibility index (Phi) is 2.50. The second-order valence-electron chi connectivity index (χ2n) is 12.1. The highest BCUT2D eigenvalue weighted by atomic mass is 16.3. The number of fused-ring (bicyclic) bond motifs is 9. The van der Waals surface area contributed by atoms with E-state index in [-0.39, 0.29) is 0 Å². The molecule has 1 heterocycles. The molecule has 0 fully saturated rings. The zero-order chi connectivity index (χ0) is 61.4. The molecule has 0 radical (unpaired) electrons. The molecule has 10 aromatic rings. The van der Waals surface area contributed by atoms with Crippen molar-refractivity contribution >= 4 is 54.3 Å². The van der Waals surface area contributed by atoms with Gasteiger partial charge in [-0.3, -0.25) is 0 Å². The molecule has 1 nitrogen and oxygen atoms in total. The Balaban J connectivity index is 1.35. The molecule has 0 amide bonds. The zero-order valence-electron chi connectivity index (χ0n) is 57.4. The zero-order valence-corrected chi connectivity index (χ0v) is 26.4. The van der Waals surface area contributed by atoms with Crippen LogP contribution >= 0.6 is 0 Å². The van der Waals surface area contributed by atoms with Crippen LogP contribution in [0.3, 0.4) is 0 Å². The molecule has 0 spiro atoms. The van der Waals surface area contributed by atoms with Crippen LogP contribution in [-0.4, -0.2) is 0 Å². The third kappa shape index (κ3) is 4.11. The topological polar surface area (TPSA) is 13.1 Å². The van der Waals surface area contributed by atoms with Crippen LogP contribution in [0.15, 0.2) is 174 Å². The Labute approximate surface area is 346 Å². The van der Waals surface area contributed by atoms with Crippen LogP contribution in [0.4, 0.5) is 0 Å². The fraction of sp³-hybridized carbons (Fsp3) is 0.0588. The van der Waals surface area contributed by atoms with Crippen LogP contribution in [0, 0.1) is 0 Å². The van der Waals surface area contributed by atoms with Gasteiger partial charge in [-0.25, -0.2) is 0 Å². The average Bonchev–Trinajstić information content (AvgIpc) is 1.78. The largest absolute Gasteiger partial charge is 0.456 e. The molecular weight excluding hydrogens is 629 g/mol. The average molecular weight is 694 g/mol. The standard InChI is InChI=1S/C51H34O/c1-51(2)44-20-10-9-14-36(44)37-27-26-35(29-45(37)51)31-22-24-32(25-23-31)48-38-15-5-7-17-40(38)49(41-18-8-6-16-39(41)48)42-19-11-21-46-50(42)43-28-33-12-3-4-13-34(33)30-47(43)52-46/h3-30H,1-2H3/i1D3,3D,4D,5D,6D,7D,8D,9D,10D,11D,12D,13D,14D,15D,16D,17D,18D,19D,20D,21D,22D,23D,24D,25D,26D,27D,28D,29D,30D. The molecule has 52 heavy (non-hydrogen) atoms. The molecular formula is C51H34O. The minimum absolute atomic E-state index is 0.492. The first-order valence-electron chi connectivity index (χ1n) is 31.2. The highest BCUT2D eigenvalue weighted by Gasteiger charge is 2.35. The first kappa shape index (κ1) is 12.1. The molecule has 0 saturated carbocycles. The fourth-order valence-electron chi connectivity index (χ4n) is 6.89. The lowest BCUT2D eigenvalue weighted by Gasteiger charge is -2.22. The highest BCUT2D eigenvalue weighted by molar-refractivity contribution is 6.26. The van der Waals surface area contributed by atoms with Gasteiger partial charge >= 0.3 is 0 Å². The van der Waals surface area contributed by atoms with Crippen molar-refractivity contribution in [2.45, 2.75) is 19.2 Å².